The van der Waals surface area contributed by atoms with E-state index in [2.05, 4.69) is 5.32 Å². The lowest BCUT2D eigenvalue weighted by molar-refractivity contribution is -0.156. The first-order valence-electron chi connectivity index (χ1n) is 8.81. The Bertz CT molecular complexity index is 732. The summed E-state index contributed by atoms with van der Waals surface area (Å²) in [6, 6.07) is 6.85. The molecular formula is C19H24N2O5. The Morgan fingerprint density at radius 2 is 1.85 bits per heavy atom. The van der Waals surface area contributed by atoms with Crippen LogP contribution in [-0.2, 0) is 19.1 Å². The van der Waals surface area contributed by atoms with E-state index in [9.17, 15) is 14.4 Å². The molecule has 1 aromatic rings. The SMILES string of the molecule is CCOC(=O)[C@]1(CC)N[C@H](c2ccc(OC)cc2)[C@H]2C(=O)N(C)C(=O)[C@@H]21. The van der Waals surface area contributed by atoms with Crippen molar-refractivity contribution < 1.29 is 23.9 Å². The molecular weight excluding hydrogens is 336 g/mol. The van der Waals surface area contributed by atoms with E-state index in [0.29, 0.717) is 12.2 Å². The number of nitrogens with one attached hydrogen (secondary N) is 1. The van der Waals surface area contributed by atoms with Crippen LogP contribution >= 0.6 is 0 Å². The fourth-order valence-electron chi connectivity index (χ4n) is 4.16. The van der Waals surface area contributed by atoms with Gasteiger partial charge in [0, 0.05) is 13.1 Å². The average Bonchev–Trinajstić information content (AvgIpc) is 3.12. The number of hydrogen-bond acceptors (Lipinski definition) is 6. The first kappa shape index (κ1) is 18.4. The maximum absolute atomic E-state index is 12.8. The van der Waals surface area contributed by atoms with Gasteiger partial charge in [0.2, 0.25) is 11.8 Å². The van der Waals surface area contributed by atoms with Gasteiger partial charge >= 0.3 is 5.97 Å². The van der Waals surface area contributed by atoms with Crippen LogP contribution in [0.2, 0.25) is 0 Å². The van der Waals surface area contributed by atoms with E-state index >= 15 is 0 Å². The number of ether oxygens (including phenoxy) is 2. The van der Waals surface area contributed by atoms with Crippen molar-refractivity contribution in [2.24, 2.45) is 11.8 Å². The van der Waals surface area contributed by atoms with Crippen molar-refractivity contribution in [1.29, 1.82) is 0 Å². The highest BCUT2D eigenvalue weighted by Crippen LogP contribution is 2.50. The summed E-state index contributed by atoms with van der Waals surface area (Å²) in [7, 11) is 3.05. The monoisotopic (exact) mass is 360 g/mol. The molecule has 2 aliphatic rings. The lowest BCUT2D eigenvalue weighted by Gasteiger charge is -2.31. The first-order valence-corrected chi connectivity index (χ1v) is 8.81. The van der Waals surface area contributed by atoms with Crippen molar-refractivity contribution in [2.75, 3.05) is 20.8 Å². The molecule has 7 heteroatoms. The van der Waals surface area contributed by atoms with Crippen LogP contribution in [0.3, 0.4) is 0 Å². The van der Waals surface area contributed by atoms with Gasteiger partial charge in [-0.3, -0.25) is 24.6 Å². The van der Waals surface area contributed by atoms with Crippen molar-refractivity contribution in [3.05, 3.63) is 29.8 Å². The molecule has 4 atom stereocenters. The molecule has 2 aliphatic heterocycles. The summed E-state index contributed by atoms with van der Waals surface area (Å²) in [6.45, 7) is 3.76. The minimum absolute atomic E-state index is 0.213. The van der Waals surface area contributed by atoms with Gasteiger partial charge in [0.15, 0.2) is 0 Å². The number of esters is 1. The zero-order valence-corrected chi connectivity index (χ0v) is 15.4. The van der Waals surface area contributed by atoms with Crippen LogP contribution in [-0.4, -0.2) is 49.0 Å². The second-order valence-electron chi connectivity index (χ2n) is 6.68. The Morgan fingerprint density at radius 1 is 1.19 bits per heavy atom. The number of nitrogens with zero attached hydrogens (tertiary/aromatic N) is 1. The molecule has 0 spiro atoms. The van der Waals surface area contributed by atoms with Crippen molar-refractivity contribution >= 4 is 17.8 Å². The predicted molar refractivity (Wildman–Crippen MR) is 93.3 cm³/mol. The minimum Gasteiger partial charge on any atom is -0.497 e. The molecule has 0 unspecified atom stereocenters. The summed E-state index contributed by atoms with van der Waals surface area (Å²) in [4.78, 5) is 39.5. The van der Waals surface area contributed by atoms with Gasteiger partial charge in [0.05, 0.1) is 25.6 Å². The molecule has 1 N–H and O–H groups in total. The van der Waals surface area contributed by atoms with Gasteiger partial charge in [0.25, 0.3) is 0 Å². The van der Waals surface area contributed by atoms with Crippen molar-refractivity contribution in [3.8, 4) is 5.75 Å². The first-order chi connectivity index (χ1) is 12.4. The predicted octanol–water partition coefficient (Wildman–Crippen LogP) is 1.28. The van der Waals surface area contributed by atoms with Crippen LogP contribution < -0.4 is 10.1 Å². The van der Waals surface area contributed by atoms with Crippen LogP contribution in [0.25, 0.3) is 0 Å². The van der Waals surface area contributed by atoms with E-state index in [0.717, 1.165) is 10.5 Å². The van der Waals surface area contributed by atoms with Crippen LogP contribution in [0.15, 0.2) is 24.3 Å². The highest BCUT2D eigenvalue weighted by molar-refractivity contribution is 6.09. The number of benzene rings is 1. The molecule has 0 aliphatic carbocycles. The van der Waals surface area contributed by atoms with Gasteiger partial charge in [-0.15, -0.1) is 0 Å². The molecule has 0 bridgehead atoms. The maximum Gasteiger partial charge on any atom is 0.327 e. The Balaban J connectivity index is 2.07. The number of carbonyl (C=O) groups excluding carboxylic acids is 3. The van der Waals surface area contributed by atoms with E-state index in [-0.39, 0.29) is 18.4 Å². The van der Waals surface area contributed by atoms with E-state index < -0.39 is 29.4 Å². The molecule has 26 heavy (non-hydrogen) atoms. The number of likely N-dealkylation sites (tertiary alicyclic amines) is 1. The summed E-state index contributed by atoms with van der Waals surface area (Å²) in [5, 5.41) is 3.29. The Labute approximate surface area is 152 Å². The van der Waals surface area contributed by atoms with Crippen LogP contribution in [0.1, 0.15) is 31.9 Å². The molecule has 0 saturated carbocycles. The van der Waals surface area contributed by atoms with Gasteiger partial charge in [-0.25, -0.2) is 0 Å². The third-order valence-corrected chi connectivity index (χ3v) is 5.55. The Kier molecular flexibility index (Phi) is 4.75. The van der Waals surface area contributed by atoms with Crippen LogP contribution in [0.4, 0.5) is 0 Å². The summed E-state index contributed by atoms with van der Waals surface area (Å²) < 4.78 is 10.4. The van der Waals surface area contributed by atoms with Gasteiger partial charge in [-0.05, 0) is 31.0 Å². The van der Waals surface area contributed by atoms with E-state index in [1.165, 1.54) is 7.05 Å². The number of rotatable bonds is 5. The number of fused-ring (bicyclic) bond motifs is 1. The normalized spacial score (nSPS) is 30.5. The highest BCUT2D eigenvalue weighted by atomic mass is 16.5. The fraction of sp³-hybridized carbons (Fsp3) is 0.526. The zero-order valence-electron chi connectivity index (χ0n) is 15.4. The maximum atomic E-state index is 12.8. The average molecular weight is 360 g/mol. The molecule has 3 rings (SSSR count). The molecule has 7 nitrogen and oxygen atoms in total. The molecule has 140 valence electrons. The topological polar surface area (TPSA) is 84.9 Å². The summed E-state index contributed by atoms with van der Waals surface area (Å²) >= 11 is 0. The molecule has 0 aromatic heterocycles. The zero-order chi connectivity index (χ0) is 19.1. The van der Waals surface area contributed by atoms with Crippen LogP contribution in [0.5, 0.6) is 5.75 Å². The van der Waals surface area contributed by atoms with E-state index in [4.69, 9.17) is 9.47 Å². The Hall–Kier alpha value is -2.41. The highest BCUT2D eigenvalue weighted by Gasteiger charge is 2.67. The molecule has 2 fully saturated rings. The van der Waals surface area contributed by atoms with E-state index in [1.54, 1.807) is 26.2 Å². The fourth-order valence-corrected chi connectivity index (χ4v) is 4.16. The minimum atomic E-state index is -1.21. The van der Waals surface area contributed by atoms with E-state index in [1.807, 2.05) is 19.1 Å². The lowest BCUT2D eigenvalue weighted by atomic mass is 9.78. The number of methoxy groups -OCH3 is 1. The quantitative estimate of drug-likeness (QED) is 0.629. The molecule has 2 heterocycles. The molecule has 2 amide bonds. The Morgan fingerprint density at radius 3 is 2.38 bits per heavy atom. The molecule has 0 radical (unpaired) electrons. The molecule has 2 saturated heterocycles. The van der Waals surface area contributed by atoms with Gasteiger partial charge in [0.1, 0.15) is 11.3 Å². The third kappa shape index (κ3) is 2.49. The summed E-state index contributed by atoms with van der Waals surface area (Å²) in [6.07, 6.45) is 0.354. The van der Waals surface area contributed by atoms with Crippen molar-refractivity contribution in [2.45, 2.75) is 31.8 Å². The third-order valence-electron chi connectivity index (χ3n) is 5.55. The van der Waals surface area contributed by atoms with Crippen molar-refractivity contribution in [1.82, 2.24) is 10.2 Å². The molecule has 1 aromatic carbocycles. The second kappa shape index (κ2) is 6.72. The smallest absolute Gasteiger partial charge is 0.327 e. The number of carbonyl (C=O) groups is 3. The number of hydrogen-bond donors (Lipinski definition) is 1. The van der Waals surface area contributed by atoms with Gasteiger partial charge in [-0.2, -0.15) is 0 Å². The number of imide groups is 1. The lowest BCUT2D eigenvalue weighted by Crippen LogP contribution is -2.55. The van der Waals surface area contributed by atoms with Crippen molar-refractivity contribution in [3.63, 3.8) is 0 Å². The largest absolute Gasteiger partial charge is 0.497 e. The summed E-state index contributed by atoms with van der Waals surface area (Å²) in [5.74, 6) is -1.79. The second-order valence-corrected chi connectivity index (χ2v) is 6.68. The van der Waals surface area contributed by atoms with Crippen LogP contribution in [0, 0.1) is 11.8 Å². The standard InChI is InChI=1S/C19H24N2O5/c1-5-19(18(24)26-6-2)14-13(16(22)21(3)17(14)23)15(20-19)11-7-9-12(25-4)10-8-11/h7-10,13-15,20H,5-6H2,1-4H3/t13-,14+,15+,19+/m0/s1. The summed E-state index contributed by atoms with van der Waals surface area (Å²) in [5.41, 5.74) is -0.375. The van der Waals surface area contributed by atoms with Gasteiger partial charge < -0.3 is 9.47 Å². The van der Waals surface area contributed by atoms with Gasteiger partial charge in [-0.1, -0.05) is 19.1 Å². The number of amides is 2.